The Hall–Kier alpha value is -1.75. The fraction of sp³-hybridized carbons (Fsp3) is 0.562. The van der Waals surface area contributed by atoms with Crippen LogP contribution in [0.1, 0.15) is 33.1 Å². The lowest BCUT2D eigenvalue weighted by atomic mass is 10.0. The number of ether oxygens (including phenoxy) is 1. The third-order valence-corrected chi connectivity index (χ3v) is 4.18. The van der Waals surface area contributed by atoms with Gasteiger partial charge in [0.05, 0.1) is 12.8 Å². The summed E-state index contributed by atoms with van der Waals surface area (Å²) in [6, 6.07) is 5.23. The highest BCUT2D eigenvalue weighted by atomic mass is 16.5. The number of carbonyl (C=O) groups excluding carboxylic acids is 1. The molecule has 1 amide bonds. The predicted molar refractivity (Wildman–Crippen MR) is 85.5 cm³/mol. The molecule has 0 aliphatic carbocycles. The van der Waals surface area contributed by atoms with Crippen LogP contribution in [0.3, 0.4) is 0 Å². The zero-order valence-corrected chi connectivity index (χ0v) is 13.1. The number of methoxy groups -OCH3 is 1. The van der Waals surface area contributed by atoms with Gasteiger partial charge in [0.25, 0.3) is 0 Å². The molecule has 5 nitrogen and oxygen atoms in total. The number of anilines is 2. The maximum absolute atomic E-state index is 12.1. The Morgan fingerprint density at radius 1 is 1.48 bits per heavy atom. The van der Waals surface area contributed by atoms with Crippen LogP contribution < -0.4 is 15.8 Å². The van der Waals surface area contributed by atoms with Gasteiger partial charge in [0.2, 0.25) is 5.91 Å². The van der Waals surface area contributed by atoms with Gasteiger partial charge < -0.3 is 15.8 Å². The minimum atomic E-state index is -0.0124. The molecule has 1 fully saturated rings. The van der Waals surface area contributed by atoms with Crippen molar-refractivity contribution < 1.29 is 9.53 Å². The predicted octanol–water partition coefficient (Wildman–Crippen LogP) is 2.48. The van der Waals surface area contributed by atoms with Crippen LogP contribution >= 0.6 is 0 Å². The maximum atomic E-state index is 12.1. The van der Waals surface area contributed by atoms with Gasteiger partial charge in [-0.15, -0.1) is 0 Å². The second-order valence-corrected chi connectivity index (χ2v) is 6.16. The first-order valence-electron chi connectivity index (χ1n) is 7.41. The van der Waals surface area contributed by atoms with Crippen molar-refractivity contribution in [3.63, 3.8) is 0 Å². The summed E-state index contributed by atoms with van der Waals surface area (Å²) in [6.45, 7) is 6.32. The van der Waals surface area contributed by atoms with Gasteiger partial charge in [0.15, 0.2) is 0 Å². The lowest BCUT2D eigenvalue weighted by molar-refractivity contribution is -0.116. The van der Waals surface area contributed by atoms with Crippen LogP contribution in [0.25, 0.3) is 0 Å². The third kappa shape index (κ3) is 3.88. The molecule has 0 atom stereocenters. The van der Waals surface area contributed by atoms with Gasteiger partial charge in [-0.25, -0.2) is 0 Å². The Morgan fingerprint density at radius 2 is 2.24 bits per heavy atom. The molecule has 21 heavy (non-hydrogen) atoms. The van der Waals surface area contributed by atoms with E-state index in [2.05, 4.69) is 24.1 Å². The largest absolute Gasteiger partial charge is 0.495 e. The average molecular weight is 291 g/mol. The standard InChI is InChI=1S/C16H25N3O2/c1-16(2)8-4-9-19(16)10-7-15(20)18-13-11-12(17)5-6-14(13)21-3/h5-6,11H,4,7-10,17H2,1-3H3,(H,18,20). The van der Waals surface area contributed by atoms with Gasteiger partial charge >= 0.3 is 0 Å². The lowest BCUT2D eigenvalue weighted by Crippen LogP contribution is -2.39. The molecule has 1 aliphatic rings. The average Bonchev–Trinajstić information content (AvgIpc) is 2.75. The molecule has 1 heterocycles. The summed E-state index contributed by atoms with van der Waals surface area (Å²) in [5.41, 5.74) is 7.19. The highest BCUT2D eigenvalue weighted by molar-refractivity contribution is 5.93. The van der Waals surface area contributed by atoms with Crippen molar-refractivity contribution in [2.75, 3.05) is 31.2 Å². The summed E-state index contributed by atoms with van der Waals surface area (Å²) >= 11 is 0. The van der Waals surface area contributed by atoms with Crippen LogP contribution in [0, 0.1) is 0 Å². The number of hydrogen-bond acceptors (Lipinski definition) is 4. The zero-order chi connectivity index (χ0) is 15.5. The molecule has 0 aromatic heterocycles. The quantitative estimate of drug-likeness (QED) is 0.818. The summed E-state index contributed by atoms with van der Waals surface area (Å²) in [4.78, 5) is 14.5. The molecule has 0 spiro atoms. The van der Waals surface area contributed by atoms with E-state index in [0.717, 1.165) is 13.1 Å². The number of nitrogen functional groups attached to an aromatic ring is 1. The van der Waals surface area contributed by atoms with Gasteiger partial charge in [-0.2, -0.15) is 0 Å². The number of nitrogens with one attached hydrogen (secondary N) is 1. The minimum absolute atomic E-state index is 0.0124. The van der Waals surface area contributed by atoms with Gasteiger partial charge in [-0.3, -0.25) is 9.69 Å². The van der Waals surface area contributed by atoms with Crippen molar-refractivity contribution in [3.8, 4) is 5.75 Å². The topological polar surface area (TPSA) is 67.6 Å². The van der Waals surface area contributed by atoms with Crippen molar-refractivity contribution in [1.29, 1.82) is 0 Å². The zero-order valence-electron chi connectivity index (χ0n) is 13.1. The Bertz CT molecular complexity index is 514. The number of nitrogens with two attached hydrogens (primary N) is 1. The van der Waals surface area contributed by atoms with Crippen LogP contribution in [-0.2, 0) is 4.79 Å². The highest BCUT2D eigenvalue weighted by Crippen LogP contribution is 2.29. The molecule has 0 radical (unpaired) electrons. The Balaban J connectivity index is 1.92. The van der Waals surface area contributed by atoms with Crippen LogP contribution in [0.5, 0.6) is 5.75 Å². The van der Waals surface area contributed by atoms with Crippen molar-refractivity contribution in [2.24, 2.45) is 0 Å². The Kier molecular flexibility index (Phi) is 4.73. The molecule has 0 unspecified atom stereocenters. The molecule has 116 valence electrons. The van der Waals surface area contributed by atoms with Crippen molar-refractivity contribution in [2.45, 2.75) is 38.6 Å². The molecular weight excluding hydrogens is 266 g/mol. The first-order chi connectivity index (χ1) is 9.92. The second kappa shape index (κ2) is 6.35. The molecule has 1 aromatic carbocycles. The van der Waals surface area contributed by atoms with E-state index < -0.39 is 0 Å². The summed E-state index contributed by atoms with van der Waals surface area (Å²) in [7, 11) is 1.58. The molecular formula is C16H25N3O2. The van der Waals surface area contributed by atoms with Crippen molar-refractivity contribution in [3.05, 3.63) is 18.2 Å². The first-order valence-corrected chi connectivity index (χ1v) is 7.41. The van der Waals surface area contributed by atoms with Crippen LogP contribution in [0.15, 0.2) is 18.2 Å². The Morgan fingerprint density at radius 3 is 2.86 bits per heavy atom. The van der Waals surface area contributed by atoms with Crippen LogP contribution in [0.2, 0.25) is 0 Å². The minimum Gasteiger partial charge on any atom is -0.495 e. The van der Waals surface area contributed by atoms with Crippen molar-refractivity contribution >= 4 is 17.3 Å². The molecule has 0 saturated carbocycles. The third-order valence-electron chi connectivity index (χ3n) is 4.18. The van der Waals surface area contributed by atoms with Gasteiger partial charge in [-0.05, 0) is 51.4 Å². The van der Waals surface area contributed by atoms with Crippen LogP contribution in [-0.4, -0.2) is 36.5 Å². The number of hydrogen-bond donors (Lipinski definition) is 2. The summed E-state index contributed by atoms with van der Waals surface area (Å²) in [5.74, 6) is 0.612. The first kappa shape index (κ1) is 15.6. The molecule has 1 saturated heterocycles. The molecule has 3 N–H and O–H groups in total. The monoisotopic (exact) mass is 291 g/mol. The second-order valence-electron chi connectivity index (χ2n) is 6.16. The lowest BCUT2D eigenvalue weighted by Gasteiger charge is -2.31. The molecule has 1 aromatic rings. The van der Waals surface area contributed by atoms with Crippen LogP contribution in [0.4, 0.5) is 11.4 Å². The highest BCUT2D eigenvalue weighted by Gasteiger charge is 2.31. The van der Waals surface area contributed by atoms with E-state index in [0.29, 0.717) is 23.5 Å². The molecule has 1 aliphatic heterocycles. The maximum Gasteiger partial charge on any atom is 0.225 e. The van der Waals surface area contributed by atoms with Gasteiger partial charge in [0.1, 0.15) is 5.75 Å². The molecule has 0 bridgehead atoms. The van der Waals surface area contributed by atoms with E-state index in [9.17, 15) is 4.79 Å². The SMILES string of the molecule is COc1ccc(N)cc1NC(=O)CCN1CCCC1(C)C. The van der Waals surface area contributed by atoms with E-state index in [4.69, 9.17) is 10.5 Å². The Labute approximate surface area is 126 Å². The van der Waals surface area contributed by atoms with E-state index in [1.165, 1.54) is 12.8 Å². The number of carbonyl (C=O) groups is 1. The smallest absolute Gasteiger partial charge is 0.225 e. The number of nitrogens with zero attached hydrogens (tertiary/aromatic N) is 1. The summed E-state index contributed by atoms with van der Waals surface area (Å²) in [6.07, 6.45) is 2.87. The summed E-state index contributed by atoms with van der Waals surface area (Å²) < 4.78 is 5.23. The number of amides is 1. The summed E-state index contributed by atoms with van der Waals surface area (Å²) in [5, 5.41) is 2.88. The number of likely N-dealkylation sites (tertiary alicyclic amines) is 1. The van der Waals surface area contributed by atoms with Crippen molar-refractivity contribution in [1.82, 2.24) is 4.90 Å². The van der Waals surface area contributed by atoms with E-state index >= 15 is 0 Å². The van der Waals surface area contributed by atoms with E-state index in [1.807, 2.05) is 0 Å². The fourth-order valence-corrected chi connectivity index (χ4v) is 2.85. The fourth-order valence-electron chi connectivity index (χ4n) is 2.85. The van der Waals surface area contributed by atoms with E-state index in [1.54, 1.807) is 25.3 Å². The molecule has 2 rings (SSSR count). The van der Waals surface area contributed by atoms with E-state index in [-0.39, 0.29) is 11.4 Å². The normalized spacial score (nSPS) is 17.7. The molecule has 5 heteroatoms. The van der Waals surface area contributed by atoms with Gasteiger partial charge in [0, 0.05) is 24.2 Å². The number of benzene rings is 1. The number of rotatable bonds is 5. The van der Waals surface area contributed by atoms with Gasteiger partial charge in [-0.1, -0.05) is 0 Å².